The van der Waals surface area contributed by atoms with Crippen molar-refractivity contribution >= 4 is 5.91 Å². The van der Waals surface area contributed by atoms with Crippen LogP contribution in [0, 0.1) is 13.8 Å². The lowest BCUT2D eigenvalue weighted by Crippen LogP contribution is -2.43. The van der Waals surface area contributed by atoms with Crippen molar-refractivity contribution in [1.29, 1.82) is 0 Å². The number of hydrogen-bond donors (Lipinski definition) is 0. The maximum atomic E-state index is 13.2. The minimum atomic E-state index is -0.269. The lowest BCUT2D eigenvalue weighted by Gasteiger charge is -2.32. The van der Waals surface area contributed by atoms with Crippen molar-refractivity contribution in [3.05, 3.63) is 82.0 Å². The fourth-order valence-electron chi connectivity index (χ4n) is 4.00. The van der Waals surface area contributed by atoms with Crippen LogP contribution in [0.5, 0.6) is 0 Å². The van der Waals surface area contributed by atoms with Crippen LogP contribution in [0.25, 0.3) is 0 Å². The number of carbonyl (C=O) groups is 1. The van der Waals surface area contributed by atoms with Crippen LogP contribution in [0.2, 0.25) is 0 Å². The molecule has 4 rings (SSSR count). The van der Waals surface area contributed by atoms with Crippen LogP contribution in [0.15, 0.2) is 47.0 Å². The number of benzene rings is 1. The molecule has 0 aliphatic carbocycles. The number of ether oxygens (including phenoxy) is 1. The number of hydrogen-bond acceptors (Lipinski definition) is 6. The Labute approximate surface area is 189 Å². The molecule has 168 valence electrons. The number of aryl methyl sites for hydroxylation is 2. The molecule has 32 heavy (non-hydrogen) atoms. The van der Waals surface area contributed by atoms with E-state index in [0.29, 0.717) is 37.7 Å². The van der Waals surface area contributed by atoms with Gasteiger partial charge in [-0.25, -0.2) is 0 Å². The Balaban J connectivity index is 1.50. The van der Waals surface area contributed by atoms with Crippen LogP contribution in [-0.4, -0.2) is 59.6 Å². The van der Waals surface area contributed by atoms with Gasteiger partial charge in [0.25, 0.3) is 5.91 Å². The van der Waals surface area contributed by atoms with E-state index in [1.807, 2.05) is 50.2 Å². The molecule has 0 saturated carbocycles. The zero-order valence-corrected chi connectivity index (χ0v) is 19.2. The second kappa shape index (κ2) is 9.63. The number of morpholine rings is 1. The molecule has 0 bridgehead atoms. The summed E-state index contributed by atoms with van der Waals surface area (Å²) in [5.74, 6) is 0.556. The summed E-state index contributed by atoms with van der Waals surface area (Å²) < 4.78 is 11.3. The van der Waals surface area contributed by atoms with E-state index in [1.54, 1.807) is 4.90 Å². The predicted molar refractivity (Wildman–Crippen MR) is 121 cm³/mol. The van der Waals surface area contributed by atoms with Crippen LogP contribution in [0.3, 0.4) is 0 Å². The summed E-state index contributed by atoms with van der Waals surface area (Å²) in [6.45, 7) is 5.98. The van der Waals surface area contributed by atoms with Crippen molar-refractivity contribution in [3.63, 3.8) is 0 Å². The molecule has 1 saturated heterocycles. The van der Waals surface area contributed by atoms with Gasteiger partial charge in [0.15, 0.2) is 5.69 Å². The molecule has 1 fully saturated rings. The fourth-order valence-corrected chi connectivity index (χ4v) is 4.00. The SMILES string of the molecule is Cc1ccccc1Cc1cccc([C@@H]2CN(C(=O)c3noc(C)c3CN(C)C)CCO2)n1. The average Bonchev–Trinajstić information content (AvgIpc) is 3.14. The first-order chi connectivity index (χ1) is 15.4. The normalized spacial score (nSPS) is 16.5. The Morgan fingerprint density at radius 2 is 1.97 bits per heavy atom. The number of carbonyl (C=O) groups excluding carboxylic acids is 1. The summed E-state index contributed by atoms with van der Waals surface area (Å²) in [5.41, 5.74) is 5.57. The molecule has 0 unspecified atom stereocenters. The highest BCUT2D eigenvalue weighted by molar-refractivity contribution is 5.94. The van der Waals surface area contributed by atoms with E-state index >= 15 is 0 Å². The third kappa shape index (κ3) is 4.89. The zero-order valence-electron chi connectivity index (χ0n) is 19.2. The van der Waals surface area contributed by atoms with Crippen LogP contribution in [0.4, 0.5) is 0 Å². The molecule has 1 aromatic carbocycles. The molecule has 0 radical (unpaired) electrons. The van der Waals surface area contributed by atoms with E-state index in [0.717, 1.165) is 23.4 Å². The predicted octanol–water partition coefficient (Wildman–Crippen LogP) is 3.55. The van der Waals surface area contributed by atoms with E-state index < -0.39 is 0 Å². The summed E-state index contributed by atoms with van der Waals surface area (Å²) >= 11 is 0. The maximum Gasteiger partial charge on any atom is 0.276 e. The molecule has 3 heterocycles. The van der Waals surface area contributed by atoms with E-state index in [4.69, 9.17) is 14.2 Å². The molecule has 2 aromatic heterocycles. The second-order valence-electron chi connectivity index (χ2n) is 8.57. The molecule has 3 aromatic rings. The van der Waals surface area contributed by atoms with E-state index in [2.05, 4.69) is 30.3 Å². The smallest absolute Gasteiger partial charge is 0.276 e. The largest absolute Gasteiger partial charge is 0.368 e. The zero-order chi connectivity index (χ0) is 22.7. The highest BCUT2D eigenvalue weighted by Gasteiger charge is 2.31. The molecule has 1 aliphatic rings. The average molecular weight is 435 g/mol. The van der Waals surface area contributed by atoms with Gasteiger partial charge >= 0.3 is 0 Å². The summed E-state index contributed by atoms with van der Waals surface area (Å²) in [6.07, 6.45) is 0.497. The van der Waals surface area contributed by atoms with Crippen molar-refractivity contribution < 1.29 is 14.1 Å². The highest BCUT2D eigenvalue weighted by atomic mass is 16.5. The van der Waals surface area contributed by atoms with E-state index in [-0.39, 0.29) is 12.0 Å². The number of pyridine rings is 1. The van der Waals surface area contributed by atoms with Crippen molar-refractivity contribution in [3.8, 4) is 0 Å². The second-order valence-corrected chi connectivity index (χ2v) is 8.57. The molecule has 1 atom stereocenters. The van der Waals surface area contributed by atoms with Gasteiger partial charge < -0.3 is 19.1 Å². The van der Waals surface area contributed by atoms with Crippen molar-refractivity contribution in [2.75, 3.05) is 33.8 Å². The lowest BCUT2D eigenvalue weighted by molar-refractivity contribution is -0.0251. The van der Waals surface area contributed by atoms with Gasteiger partial charge in [0.05, 0.1) is 18.8 Å². The van der Waals surface area contributed by atoms with Crippen LogP contribution in [-0.2, 0) is 17.7 Å². The third-order valence-electron chi connectivity index (χ3n) is 5.81. The number of aromatic nitrogens is 2. The highest BCUT2D eigenvalue weighted by Crippen LogP contribution is 2.24. The summed E-state index contributed by atoms with van der Waals surface area (Å²) in [5, 5.41) is 4.06. The third-order valence-corrected chi connectivity index (χ3v) is 5.81. The molecular formula is C25H30N4O3. The Bertz CT molecular complexity index is 1090. The quantitative estimate of drug-likeness (QED) is 0.591. The molecule has 0 spiro atoms. The number of nitrogens with zero attached hydrogens (tertiary/aromatic N) is 4. The van der Waals surface area contributed by atoms with Gasteiger partial charge in [-0.1, -0.05) is 35.5 Å². The first-order valence-corrected chi connectivity index (χ1v) is 10.9. The van der Waals surface area contributed by atoms with Gasteiger partial charge in [-0.15, -0.1) is 0 Å². The number of amides is 1. The van der Waals surface area contributed by atoms with E-state index in [1.165, 1.54) is 11.1 Å². The Morgan fingerprint density at radius 1 is 1.16 bits per heavy atom. The van der Waals surface area contributed by atoms with Gasteiger partial charge in [-0.2, -0.15) is 0 Å². The molecule has 0 N–H and O–H groups in total. The van der Waals surface area contributed by atoms with Crippen LogP contribution >= 0.6 is 0 Å². The Morgan fingerprint density at radius 3 is 2.75 bits per heavy atom. The lowest BCUT2D eigenvalue weighted by atomic mass is 10.0. The maximum absolute atomic E-state index is 13.2. The monoisotopic (exact) mass is 434 g/mol. The molecular weight excluding hydrogens is 404 g/mol. The first kappa shape index (κ1) is 22.2. The van der Waals surface area contributed by atoms with Gasteiger partial charge in [-0.05, 0) is 51.2 Å². The van der Waals surface area contributed by atoms with Crippen LogP contribution in [0.1, 0.15) is 50.4 Å². The molecule has 7 heteroatoms. The van der Waals surface area contributed by atoms with Gasteiger partial charge in [0.1, 0.15) is 11.9 Å². The minimum Gasteiger partial charge on any atom is -0.368 e. The summed E-state index contributed by atoms with van der Waals surface area (Å²) in [6, 6.07) is 14.4. The van der Waals surface area contributed by atoms with Gasteiger partial charge in [-0.3, -0.25) is 9.78 Å². The van der Waals surface area contributed by atoms with Gasteiger partial charge in [0.2, 0.25) is 0 Å². The number of rotatable bonds is 6. The Hall–Kier alpha value is -3.03. The fraction of sp³-hybridized carbons (Fsp3) is 0.400. The summed E-state index contributed by atoms with van der Waals surface area (Å²) in [4.78, 5) is 21.9. The van der Waals surface area contributed by atoms with Crippen molar-refractivity contribution in [2.45, 2.75) is 32.9 Å². The molecule has 1 amide bonds. The van der Waals surface area contributed by atoms with Gasteiger partial charge in [0, 0.05) is 30.8 Å². The van der Waals surface area contributed by atoms with Crippen molar-refractivity contribution in [1.82, 2.24) is 19.9 Å². The first-order valence-electron chi connectivity index (χ1n) is 10.9. The van der Waals surface area contributed by atoms with Crippen molar-refractivity contribution in [2.24, 2.45) is 0 Å². The molecule has 7 nitrogen and oxygen atoms in total. The standard InChI is InChI=1S/C25H30N4O3/c1-17-8-5-6-9-19(17)14-20-10-7-11-22(26-20)23-16-29(12-13-31-23)25(30)24-21(15-28(3)4)18(2)32-27-24/h5-11,23H,12-16H2,1-4H3/t23-/m0/s1. The topological polar surface area (TPSA) is 71.7 Å². The van der Waals surface area contributed by atoms with E-state index in [9.17, 15) is 4.79 Å². The molecule has 1 aliphatic heterocycles. The minimum absolute atomic E-state index is 0.122. The van der Waals surface area contributed by atoms with Crippen LogP contribution < -0.4 is 0 Å². The summed E-state index contributed by atoms with van der Waals surface area (Å²) in [7, 11) is 3.92. The Kier molecular flexibility index (Phi) is 6.67.